The minimum absolute atomic E-state index is 0.0824. The van der Waals surface area contributed by atoms with Crippen molar-refractivity contribution in [2.45, 2.75) is 139 Å². The predicted octanol–water partition coefficient (Wildman–Crippen LogP) is 4.44. The Bertz CT molecular complexity index is 1480. The van der Waals surface area contributed by atoms with Crippen LogP contribution in [0.1, 0.15) is 101 Å². The molecule has 1 rings (SSSR count). The van der Waals surface area contributed by atoms with E-state index < -0.39 is 54.0 Å². The molecule has 1 aromatic rings. The Morgan fingerprint density at radius 3 is 1.40 bits per heavy atom. The zero-order valence-corrected chi connectivity index (χ0v) is 38.9. The van der Waals surface area contributed by atoms with E-state index in [2.05, 4.69) is 16.0 Å². The van der Waals surface area contributed by atoms with E-state index in [1.54, 1.807) is 35.2 Å². The van der Waals surface area contributed by atoms with Crippen LogP contribution >= 0.6 is 0 Å². The quantitative estimate of drug-likeness (QED) is 0.148. The van der Waals surface area contributed by atoms with Crippen molar-refractivity contribution < 1.29 is 28.8 Å². The lowest BCUT2D eigenvalue weighted by atomic mass is 9.94. The maximum Gasteiger partial charge on any atom is 0.246 e. The number of likely N-dealkylation sites (N-methyl/N-ethyl adjacent to an activating group) is 5. The van der Waals surface area contributed by atoms with Gasteiger partial charge >= 0.3 is 0 Å². The molecule has 0 saturated heterocycles. The minimum Gasteiger partial charge on any atom is -0.354 e. The third-order valence-electron chi connectivity index (χ3n) is 10.9. The molecule has 330 valence electrons. The summed E-state index contributed by atoms with van der Waals surface area (Å²) in [5.41, 5.74) is 1.09. The lowest BCUT2D eigenvalue weighted by molar-refractivity contribution is -0.155. The fourth-order valence-electron chi connectivity index (χ4n) is 7.71. The summed E-state index contributed by atoms with van der Waals surface area (Å²) < 4.78 is 0. The van der Waals surface area contributed by atoms with Crippen LogP contribution < -0.4 is 16.0 Å². The van der Waals surface area contributed by atoms with Crippen LogP contribution in [-0.2, 0) is 35.2 Å². The summed E-state index contributed by atoms with van der Waals surface area (Å²) >= 11 is 0. The van der Waals surface area contributed by atoms with Gasteiger partial charge in [-0.05, 0) is 67.4 Å². The van der Waals surface area contributed by atoms with Crippen molar-refractivity contribution in [2.75, 3.05) is 41.8 Å². The molecule has 6 atom stereocenters. The van der Waals surface area contributed by atoms with Gasteiger partial charge in [-0.3, -0.25) is 28.8 Å². The van der Waals surface area contributed by atoms with Gasteiger partial charge in [0, 0.05) is 34.7 Å². The van der Waals surface area contributed by atoms with E-state index >= 15 is 0 Å². The maximum absolute atomic E-state index is 14.5. The Morgan fingerprint density at radius 2 is 0.983 bits per heavy atom. The Morgan fingerprint density at radius 1 is 0.534 bits per heavy atom. The van der Waals surface area contributed by atoms with E-state index in [0.717, 1.165) is 5.56 Å². The third kappa shape index (κ3) is 14.7. The highest BCUT2D eigenvalue weighted by molar-refractivity contribution is 5.97. The van der Waals surface area contributed by atoms with Crippen molar-refractivity contribution in [1.29, 1.82) is 0 Å². The number of rotatable bonds is 23. The molecule has 0 fully saturated rings. The Kier molecular flexibility index (Phi) is 21.7. The second-order valence-electron chi connectivity index (χ2n) is 18.2. The molecule has 0 saturated carbocycles. The van der Waals surface area contributed by atoms with Crippen molar-refractivity contribution >= 4 is 35.4 Å². The summed E-state index contributed by atoms with van der Waals surface area (Å²) in [5.74, 6) is -3.07. The van der Waals surface area contributed by atoms with Gasteiger partial charge in [0.2, 0.25) is 35.4 Å². The molecule has 6 amide bonds. The zero-order chi connectivity index (χ0) is 44.8. The summed E-state index contributed by atoms with van der Waals surface area (Å²) in [7, 11) is 8.09. The van der Waals surface area contributed by atoms with Crippen molar-refractivity contribution in [3.05, 3.63) is 35.9 Å². The summed E-state index contributed by atoms with van der Waals surface area (Å²) in [6, 6.07) is 4.88. The number of benzene rings is 1. The molecule has 1 aromatic carbocycles. The molecule has 0 radical (unpaired) electrons. The van der Waals surface area contributed by atoms with E-state index in [-0.39, 0.29) is 53.2 Å². The standard InChI is InChI=1S/C45H79N7O6/c1-27(2)25-34(46-13)42(55)49(14)35(26-28(3)4)40(53)48-36(29(5)6)43(56)51(16)38(31(9)10)45(58)52(17)39(32(11)12)44(57)50(15)37(30(7)8)41(54)47-24-23-33-21-19-18-20-22-33/h18-22,27-32,34-39,46H,23-26H2,1-17H3,(H,47,54)(H,48,53)/t34-,35-,36-,37-,38-,39-/m0/s1. The monoisotopic (exact) mass is 814 g/mol. The molecule has 13 nitrogen and oxygen atoms in total. The third-order valence-corrected chi connectivity index (χ3v) is 10.9. The first-order valence-electron chi connectivity index (χ1n) is 21.3. The Labute approximate surface area is 350 Å². The Hall–Kier alpha value is -4.00. The molecule has 0 aliphatic carbocycles. The molecule has 0 heterocycles. The number of carbonyl (C=O) groups excluding carboxylic acids is 6. The molecule has 0 aliphatic heterocycles. The molecule has 13 heteroatoms. The van der Waals surface area contributed by atoms with Crippen LogP contribution in [0.5, 0.6) is 0 Å². The van der Waals surface area contributed by atoms with Crippen LogP contribution in [0.25, 0.3) is 0 Å². The summed E-state index contributed by atoms with van der Waals surface area (Å²) in [6.07, 6.45) is 1.65. The molecule has 3 N–H and O–H groups in total. The van der Waals surface area contributed by atoms with Gasteiger partial charge in [-0.1, -0.05) is 113 Å². The largest absolute Gasteiger partial charge is 0.354 e. The van der Waals surface area contributed by atoms with Crippen LogP contribution in [0.3, 0.4) is 0 Å². The predicted molar refractivity (Wildman–Crippen MR) is 232 cm³/mol. The van der Waals surface area contributed by atoms with E-state index in [1.807, 2.05) is 113 Å². The first kappa shape index (κ1) is 52.0. The molecule has 0 spiro atoms. The van der Waals surface area contributed by atoms with Gasteiger partial charge in [0.1, 0.15) is 30.2 Å². The van der Waals surface area contributed by atoms with Gasteiger partial charge in [0.25, 0.3) is 0 Å². The average Bonchev–Trinajstić information content (AvgIpc) is 3.13. The number of amides is 6. The number of nitrogens with zero attached hydrogens (tertiary/aromatic N) is 4. The maximum atomic E-state index is 14.5. The first-order chi connectivity index (χ1) is 26.9. The van der Waals surface area contributed by atoms with Gasteiger partial charge < -0.3 is 35.6 Å². The number of carbonyl (C=O) groups is 6. The second-order valence-corrected chi connectivity index (χ2v) is 18.2. The van der Waals surface area contributed by atoms with Crippen LogP contribution in [0.2, 0.25) is 0 Å². The van der Waals surface area contributed by atoms with Crippen molar-refractivity contribution in [1.82, 2.24) is 35.6 Å². The van der Waals surface area contributed by atoms with Gasteiger partial charge in [0.05, 0.1) is 6.04 Å². The van der Waals surface area contributed by atoms with Gasteiger partial charge in [-0.15, -0.1) is 0 Å². The zero-order valence-electron chi connectivity index (χ0n) is 38.9. The second kappa shape index (κ2) is 24.2. The molecule has 0 aromatic heterocycles. The van der Waals surface area contributed by atoms with E-state index in [0.29, 0.717) is 25.8 Å². The van der Waals surface area contributed by atoms with E-state index in [4.69, 9.17) is 0 Å². The van der Waals surface area contributed by atoms with Crippen molar-refractivity contribution in [3.8, 4) is 0 Å². The van der Waals surface area contributed by atoms with E-state index in [1.165, 1.54) is 19.6 Å². The fourth-order valence-corrected chi connectivity index (χ4v) is 7.71. The molecular weight excluding hydrogens is 735 g/mol. The molecule has 0 unspecified atom stereocenters. The topological polar surface area (TPSA) is 151 Å². The normalized spacial score (nSPS) is 14.9. The SMILES string of the molecule is CN[C@@H](CC(C)C)C(=O)N(C)[C@@H](CC(C)C)C(=O)N[C@H](C(=O)N(C)[C@H](C(=O)N(C)[C@H](C(=O)N(C)[C@H](C(=O)NCCc1ccccc1)C(C)C)C(C)C)C(C)C)C(C)C. The van der Waals surface area contributed by atoms with Crippen LogP contribution in [0, 0.1) is 35.5 Å². The molecular formula is C45H79N7O6. The highest BCUT2D eigenvalue weighted by Crippen LogP contribution is 2.23. The highest BCUT2D eigenvalue weighted by atomic mass is 16.2. The molecule has 0 aliphatic rings. The van der Waals surface area contributed by atoms with Crippen LogP contribution in [0.4, 0.5) is 0 Å². The van der Waals surface area contributed by atoms with Crippen molar-refractivity contribution in [2.24, 2.45) is 35.5 Å². The average molecular weight is 814 g/mol. The smallest absolute Gasteiger partial charge is 0.246 e. The molecule has 0 bridgehead atoms. The lowest BCUT2D eigenvalue weighted by Gasteiger charge is -2.41. The van der Waals surface area contributed by atoms with Crippen LogP contribution in [-0.4, -0.2) is 133 Å². The summed E-state index contributed by atoms with van der Waals surface area (Å²) in [5, 5.41) is 9.05. The summed E-state index contributed by atoms with van der Waals surface area (Å²) in [4.78, 5) is 90.2. The number of hydrogen-bond acceptors (Lipinski definition) is 7. The number of hydrogen-bond donors (Lipinski definition) is 3. The summed E-state index contributed by atoms with van der Waals surface area (Å²) in [6.45, 7) is 23.3. The number of nitrogens with one attached hydrogen (secondary N) is 3. The first-order valence-corrected chi connectivity index (χ1v) is 21.3. The Balaban J connectivity index is 3.37. The highest BCUT2D eigenvalue weighted by Gasteiger charge is 2.43. The minimum atomic E-state index is -0.994. The fraction of sp³-hybridized carbons (Fsp3) is 0.733. The molecule has 58 heavy (non-hydrogen) atoms. The van der Waals surface area contributed by atoms with Gasteiger partial charge in [-0.2, -0.15) is 0 Å². The van der Waals surface area contributed by atoms with Gasteiger partial charge in [-0.25, -0.2) is 0 Å². The lowest BCUT2D eigenvalue weighted by Crippen LogP contribution is -2.62. The van der Waals surface area contributed by atoms with E-state index in [9.17, 15) is 28.8 Å². The van der Waals surface area contributed by atoms with Crippen molar-refractivity contribution in [3.63, 3.8) is 0 Å². The van der Waals surface area contributed by atoms with Gasteiger partial charge in [0.15, 0.2) is 0 Å². The van der Waals surface area contributed by atoms with Crippen LogP contribution in [0.15, 0.2) is 30.3 Å².